The van der Waals surface area contributed by atoms with Crippen LogP contribution in [0.1, 0.15) is 41.4 Å². The Kier molecular flexibility index (Phi) is 7.59. The number of hydrogen-bond donors (Lipinski definition) is 5. The molecule has 182 valence electrons. The molecule has 0 atom stereocenters. The lowest BCUT2D eigenvalue weighted by molar-refractivity contribution is -0.0738. The van der Waals surface area contributed by atoms with Gasteiger partial charge >= 0.3 is 0 Å². The fourth-order valence-corrected chi connectivity index (χ4v) is 4.92. The maximum atomic E-state index is 13.3. The molecular weight excluding hydrogens is 461 g/mol. The topological polar surface area (TPSA) is 142 Å². The van der Waals surface area contributed by atoms with Gasteiger partial charge in [-0.3, -0.25) is 25.7 Å². The maximum Gasteiger partial charge on any atom is 0.275 e. The van der Waals surface area contributed by atoms with Gasteiger partial charge in [0.25, 0.3) is 5.91 Å². The SMILES string of the molecule is CCN(C(=O)c1c(O)c(=O)c(C(=N)SC(=N)Cc2ccc(F)cc2)cn1C)C1(NC)CC(O)C1. The number of halogens is 1. The van der Waals surface area contributed by atoms with Crippen molar-refractivity contribution in [3.05, 3.63) is 63.3 Å². The minimum Gasteiger partial charge on any atom is -0.503 e. The number of benzene rings is 1. The molecule has 1 heterocycles. The molecule has 34 heavy (non-hydrogen) atoms. The van der Waals surface area contributed by atoms with Crippen molar-refractivity contribution in [1.29, 1.82) is 10.8 Å². The summed E-state index contributed by atoms with van der Waals surface area (Å²) in [5, 5.41) is 39.8. The molecule has 0 bridgehead atoms. The van der Waals surface area contributed by atoms with Crippen LogP contribution in [-0.4, -0.2) is 61.0 Å². The predicted molar refractivity (Wildman–Crippen MR) is 129 cm³/mol. The predicted octanol–water partition coefficient (Wildman–Crippen LogP) is 2.04. The largest absolute Gasteiger partial charge is 0.503 e. The average molecular weight is 490 g/mol. The van der Waals surface area contributed by atoms with Crippen LogP contribution in [0.4, 0.5) is 4.39 Å². The minimum atomic E-state index is -0.878. The zero-order chi connectivity index (χ0) is 25.2. The molecule has 9 nitrogen and oxygen atoms in total. The first kappa shape index (κ1) is 25.6. The van der Waals surface area contributed by atoms with Crippen molar-refractivity contribution in [3.8, 4) is 5.75 Å². The molecule has 0 unspecified atom stereocenters. The number of carbonyl (C=O) groups excluding carboxylic acids is 1. The highest BCUT2D eigenvalue weighted by Gasteiger charge is 2.49. The Morgan fingerprint density at radius 2 is 1.94 bits per heavy atom. The first-order valence-corrected chi connectivity index (χ1v) is 11.5. The molecule has 1 aliphatic rings. The van der Waals surface area contributed by atoms with E-state index in [4.69, 9.17) is 10.8 Å². The van der Waals surface area contributed by atoms with Gasteiger partial charge in [-0.2, -0.15) is 0 Å². The first-order chi connectivity index (χ1) is 16.0. The molecule has 1 fully saturated rings. The van der Waals surface area contributed by atoms with Gasteiger partial charge in [-0.05, 0) is 31.7 Å². The number of aliphatic hydroxyl groups is 1. The number of rotatable bonds is 7. The number of aryl methyl sites for hydroxylation is 1. The van der Waals surface area contributed by atoms with Gasteiger partial charge in [-0.25, -0.2) is 4.39 Å². The zero-order valence-corrected chi connectivity index (χ0v) is 20.0. The molecule has 0 saturated heterocycles. The number of aromatic hydroxyl groups is 1. The molecule has 1 aromatic carbocycles. The molecule has 1 amide bonds. The minimum absolute atomic E-state index is 0.0648. The van der Waals surface area contributed by atoms with E-state index in [0.717, 1.165) is 11.8 Å². The molecule has 1 aromatic heterocycles. The van der Waals surface area contributed by atoms with Gasteiger partial charge in [0.05, 0.1) is 22.4 Å². The highest BCUT2D eigenvalue weighted by molar-refractivity contribution is 8.26. The van der Waals surface area contributed by atoms with E-state index >= 15 is 0 Å². The Balaban J connectivity index is 1.83. The lowest BCUT2D eigenvalue weighted by Crippen LogP contribution is -2.68. The third-order valence-electron chi connectivity index (χ3n) is 6.00. The van der Waals surface area contributed by atoms with Crippen LogP contribution in [0.15, 0.2) is 35.3 Å². The van der Waals surface area contributed by atoms with Crippen molar-refractivity contribution in [3.63, 3.8) is 0 Å². The first-order valence-electron chi connectivity index (χ1n) is 10.7. The van der Waals surface area contributed by atoms with Crippen LogP contribution >= 0.6 is 11.8 Å². The van der Waals surface area contributed by atoms with Crippen molar-refractivity contribution in [2.75, 3.05) is 13.6 Å². The highest BCUT2D eigenvalue weighted by atomic mass is 32.2. The van der Waals surface area contributed by atoms with E-state index in [-0.39, 0.29) is 40.1 Å². The van der Waals surface area contributed by atoms with E-state index in [9.17, 15) is 24.2 Å². The summed E-state index contributed by atoms with van der Waals surface area (Å²) < 4.78 is 14.4. The van der Waals surface area contributed by atoms with Crippen molar-refractivity contribution in [2.45, 2.75) is 38.0 Å². The van der Waals surface area contributed by atoms with E-state index in [1.165, 1.54) is 47.0 Å². The van der Waals surface area contributed by atoms with Crippen molar-refractivity contribution in [1.82, 2.24) is 14.8 Å². The molecule has 1 saturated carbocycles. The molecule has 0 radical (unpaired) electrons. The second-order valence-electron chi connectivity index (χ2n) is 8.23. The van der Waals surface area contributed by atoms with Crippen molar-refractivity contribution >= 4 is 27.8 Å². The number of aromatic nitrogens is 1. The quantitative estimate of drug-likeness (QED) is 0.229. The average Bonchev–Trinajstić information content (AvgIpc) is 2.76. The summed E-state index contributed by atoms with van der Waals surface area (Å²) in [5.74, 6) is -1.74. The van der Waals surface area contributed by atoms with E-state index in [1.807, 2.05) is 0 Å². The van der Waals surface area contributed by atoms with Crippen LogP contribution in [-0.2, 0) is 13.5 Å². The van der Waals surface area contributed by atoms with Crippen LogP contribution < -0.4 is 10.7 Å². The third kappa shape index (κ3) is 4.91. The molecule has 0 spiro atoms. The number of amides is 1. The van der Waals surface area contributed by atoms with E-state index in [2.05, 4.69) is 5.32 Å². The Hall–Kier alpha value is -3.02. The molecule has 5 N–H and O–H groups in total. The van der Waals surface area contributed by atoms with Crippen LogP contribution in [0.2, 0.25) is 0 Å². The fourth-order valence-electron chi connectivity index (χ4n) is 4.18. The van der Waals surface area contributed by atoms with Gasteiger partial charge in [0.1, 0.15) is 10.9 Å². The van der Waals surface area contributed by atoms with Crippen molar-refractivity contribution < 1.29 is 19.4 Å². The summed E-state index contributed by atoms with van der Waals surface area (Å²) in [7, 11) is 3.18. The number of carbonyl (C=O) groups is 1. The van der Waals surface area contributed by atoms with E-state index in [0.29, 0.717) is 18.4 Å². The van der Waals surface area contributed by atoms with Crippen LogP contribution in [0, 0.1) is 16.6 Å². The van der Waals surface area contributed by atoms with Gasteiger partial charge < -0.3 is 19.7 Å². The zero-order valence-electron chi connectivity index (χ0n) is 19.2. The number of nitrogens with one attached hydrogen (secondary N) is 3. The number of nitrogens with zero attached hydrogens (tertiary/aromatic N) is 2. The third-order valence-corrected chi connectivity index (χ3v) is 6.81. The van der Waals surface area contributed by atoms with Crippen molar-refractivity contribution in [2.24, 2.45) is 7.05 Å². The second kappa shape index (κ2) is 10.1. The van der Waals surface area contributed by atoms with E-state index in [1.54, 1.807) is 14.0 Å². The maximum absolute atomic E-state index is 13.3. The standard InChI is InChI=1S/C23H28FN5O4S/c1-4-29(23(27-2)10-15(30)11-23)22(33)18-20(32)19(31)16(12-28(18)3)21(26)34-17(25)9-13-5-7-14(24)8-6-13/h5-8,12,15,25-27,30,32H,4,9-11H2,1-3H3. The normalized spacial score (nSPS) is 19.4. The summed E-state index contributed by atoms with van der Waals surface area (Å²) in [4.78, 5) is 27.7. The molecule has 1 aliphatic carbocycles. The fraction of sp³-hybridized carbons (Fsp3) is 0.391. The van der Waals surface area contributed by atoms with Gasteiger partial charge in [0, 0.05) is 39.1 Å². The Morgan fingerprint density at radius 1 is 1.32 bits per heavy atom. The van der Waals surface area contributed by atoms with Crippen LogP contribution in [0.3, 0.4) is 0 Å². The van der Waals surface area contributed by atoms with Gasteiger partial charge in [0.2, 0.25) is 5.43 Å². The summed E-state index contributed by atoms with van der Waals surface area (Å²) in [6.45, 7) is 2.05. The van der Waals surface area contributed by atoms with Gasteiger partial charge in [-0.1, -0.05) is 23.9 Å². The number of hydrogen-bond acceptors (Lipinski definition) is 8. The molecule has 11 heteroatoms. The summed E-state index contributed by atoms with van der Waals surface area (Å²) in [6, 6.07) is 5.64. The Morgan fingerprint density at radius 3 is 2.47 bits per heavy atom. The lowest BCUT2D eigenvalue weighted by Gasteiger charge is -2.52. The second-order valence-corrected chi connectivity index (χ2v) is 9.34. The summed E-state index contributed by atoms with van der Waals surface area (Å²) >= 11 is 0.745. The van der Waals surface area contributed by atoms with Gasteiger partial charge in [-0.15, -0.1) is 0 Å². The molecular formula is C23H28FN5O4S. The van der Waals surface area contributed by atoms with E-state index < -0.39 is 28.9 Å². The van der Waals surface area contributed by atoms with Crippen LogP contribution in [0.25, 0.3) is 0 Å². The Bertz CT molecular complexity index is 1180. The molecule has 3 rings (SSSR count). The Labute approximate surface area is 200 Å². The van der Waals surface area contributed by atoms with Crippen LogP contribution in [0.5, 0.6) is 5.75 Å². The summed E-state index contributed by atoms with van der Waals surface area (Å²) in [5.41, 5.74) is -1.33. The summed E-state index contributed by atoms with van der Waals surface area (Å²) in [6.07, 6.45) is 1.56. The highest BCUT2D eigenvalue weighted by Crippen LogP contribution is 2.36. The smallest absolute Gasteiger partial charge is 0.275 e. The monoisotopic (exact) mass is 489 g/mol. The lowest BCUT2D eigenvalue weighted by atomic mass is 9.80. The number of aliphatic hydroxyl groups excluding tert-OH is 1. The number of thioether (sulfide) groups is 1. The molecule has 2 aromatic rings. The number of pyridine rings is 1. The van der Waals surface area contributed by atoms with Gasteiger partial charge in [0.15, 0.2) is 11.4 Å². The molecule has 0 aliphatic heterocycles.